The van der Waals surface area contributed by atoms with Crippen LogP contribution < -0.4 is 10.8 Å². The molecule has 0 fully saturated rings. The van der Waals surface area contributed by atoms with Gasteiger partial charge in [-0.25, -0.2) is 0 Å². The zero-order chi connectivity index (χ0) is 16.0. The topological polar surface area (TPSA) is 124 Å². The Balaban J connectivity index is 2.91. The first kappa shape index (κ1) is 17.6. The number of unbranched alkanes of at least 4 members (excludes halogenated alkanes) is 1. The Kier molecular flexibility index (Phi) is 6.34. The van der Waals surface area contributed by atoms with E-state index in [1.54, 1.807) is 0 Å². The van der Waals surface area contributed by atoms with Crippen molar-refractivity contribution in [2.24, 2.45) is 0 Å². The van der Waals surface area contributed by atoms with E-state index in [0.717, 1.165) is 18.9 Å². The first-order valence-electron chi connectivity index (χ1n) is 6.48. The molecule has 0 saturated heterocycles. The largest absolute Gasteiger partial charge is 0.488 e. The molecule has 0 atom stereocenters. The van der Waals surface area contributed by atoms with Crippen molar-refractivity contribution in [1.82, 2.24) is 5.32 Å². The third kappa shape index (κ3) is 5.84. The van der Waals surface area contributed by atoms with E-state index >= 15 is 0 Å². The van der Waals surface area contributed by atoms with Crippen LogP contribution in [0.3, 0.4) is 0 Å². The summed E-state index contributed by atoms with van der Waals surface area (Å²) in [4.78, 5) is 11.0. The van der Waals surface area contributed by atoms with E-state index in [2.05, 4.69) is 5.32 Å². The fourth-order valence-corrected chi connectivity index (χ4v) is 2.30. The van der Waals surface area contributed by atoms with Crippen LogP contribution in [0.25, 0.3) is 0 Å². The molecule has 0 heterocycles. The molecule has 0 aliphatic carbocycles. The van der Waals surface area contributed by atoms with E-state index < -0.39 is 22.1 Å². The summed E-state index contributed by atoms with van der Waals surface area (Å²) in [5.41, 5.74) is 0.265. The lowest BCUT2D eigenvalue weighted by molar-refractivity contribution is -0.121. The van der Waals surface area contributed by atoms with Crippen molar-refractivity contribution in [3.05, 3.63) is 23.8 Å². The van der Waals surface area contributed by atoms with Gasteiger partial charge in [0.25, 0.3) is 10.1 Å². The van der Waals surface area contributed by atoms with Gasteiger partial charge in [0, 0.05) is 13.0 Å². The number of amides is 1. The number of nitrogens with one attached hydrogen (secondary N) is 1. The molecule has 1 rings (SSSR count). The minimum atomic E-state index is -4.47. The molecule has 0 unspecified atom stereocenters. The van der Waals surface area contributed by atoms with Crippen LogP contribution in [0, 0.1) is 0 Å². The van der Waals surface area contributed by atoms with Crippen LogP contribution in [0.2, 0.25) is 0 Å². The summed E-state index contributed by atoms with van der Waals surface area (Å²) in [6.45, 7) is 1.99. The van der Waals surface area contributed by atoms with Gasteiger partial charge in [0.1, 0.15) is 0 Å². The summed E-state index contributed by atoms with van der Waals surface area (Å²) in [6.07, 6.45) is 1.99. The van der Waals surface area contributed by atoms with Gasteiger partial charge in [-0.15, -0.1) is 0 Å². The highest BCUT2D eigenvalue weighted by Crippen LogP contribution is 2.10. The normalized spacial score (nSPS) is 11.2. The molecule has 9 heteroatoms. The first-order chi connectivity index (χ1) is 9.74. The average molecular weight is 315 g/mol. The summed E-state index contributed by atoms with van der Waals surface area (Å²) in [5, 5.41) is 20.8. The van der Waals surface area contributed by atoms with Crippen LogP contribution in [0.5, 0.6) is 0 Å². The Bertz CT molecular complexity index is 602. The zero-order valence-corrected chi connectivity index (χ0v) is 12.4. The third-order valence-corrected chi connectivity index (χ3v) is 3.66. The van der Waals surface area contributed by atoms with Gasteiger partial charge < -0.3 is 15.4 Å². The number of rotatable bonds is 7. The molecule has 0 aliphatic heterocycles. The zero-order valence-electron chi connectivity index (χ0n) is 11.6. The molecular formula is C12H18BNO6S. The highest BCUT2D eigenvalue weighted by molar-refractivity contribution is 7.85. The van der Waals surface area contributed by atoms with Crippen LogP contribution in [-0.2, 0) is 21.5 Å². The SMILES string of the molecule is CCCCC(=O)NCc1cc(B(O)O)cc(S(=O)(=O)O)c1. The lowest BCUT2D eigenvalue weighted by Gasteiger charge is -2.09. The summed E-state index contributed by atoms with van der Waals surface area (Å²) in [6, 6.07) is 3.48. The number of carbonyl (C=O) groups is 1. The number of hydrogen-bond donors (Lipinski definition) is 4. The molecule has 0 spiro atoms. The van der Waals surface area contributed by atoms with Crippen LogP contribution in [0.1, 0.15) is 31.7 Å². The molecular weight excluding hydrogens is 297 g/mol. The Hall–Kier alpha value is -1.42. The highest BCUT2D eigenvalue weighted by atomic mass is 32.2. The van der Waals surface area contributed by atoms with Crippen molar-refractivity contribution >= 4 is 28.6 Å². The lowest BCUT2D eigenvalue weighted by atomic mass is 9.79. The smallest absolute Gasteiger partial charge is 0.423 e. The van der Waals surface area contributed by atoms with Crippen molar-refractivity contribution in [3.63, 3.8) is 0 Å². The predicted octanol–water partition coefficient (Wildman–Crippen LogP) is -0.580. The summed E-state index contributed by atoms with van der Waals surface area (Å²) < 4.78 is 31.3. The summed E-state index contributed by atoms with van der Waals surface area (Å²) in [5.74, 6) is -0.180. The predicted molar refractivity (Wildman–Crippen MR) is 77.5 cm³/mol. The lowest BCUT2D eigenvalue weighted by Crippen LogP contribution is -2.31. The van der Waals surface area contributed by atoms with E-state index in [9.17, 15) is 13.2 Å². The Morgan fingerprint density at radius 2 is 1.95 bits per heavy atom. The maximum absolute atomic E-state index is 11.5. The first-order valence-corrected chi connectivity index (χ1v) is 7.92. The molecule has 0 radical (unpaired) electrons. The van der Waals surface area contributed by atoms with Gasteiger partial charge >= 0.3 is 7.12 Å². The van der Waals surface area contributed by atoms with Crippen LogP contribution >= 0.6 is 0 Å². The second-order valence-corrected chi connectivity index (χ2v) is 6.06. The monoisotopic (exact) mass is 315 g/mol. The standard InChI is InChI=1S/C12H18BNO6S/c1-2-3-4-12(15)14-8-9-5-10(13(16)17)7-11(6-9)21(18,19)20/h5-7,16-17H,2-4,8H2,1H3,(H,14,15)(H,18,19,20). The van der Waals surface area contributed by atoms with Gasteiger partial charge in [-0.1, -0.05) is 19.4 Å². The van der Waals surface area contributed by atoms with Gasteiger partial charge in [-0.2, -0.15) is 8.42 Å². The van der Waals surface area contributed by atoms with E-state index in [4.69, 9.17) is 14.6 Å². The van der Waals surface area contributed by atoms with Crippen LogP contribution in [-0.4, -0.2) is 36.0 Å². The molecule has 0 bridgehead atoms. The second kappa shape index (κ2) is 7.55. The number of benzene rings is 1. The van der Waals surface area contributed by atoms with Crippen molar-refractivity contribution in [2.75, 3.05) is 0 Å². The molecule has 1 aromatic rings. The fourth-order valence-electron chi connectivity index (χ4n) is 1.71. The minimum absolute atomic E-state index is 0.0334. The molecule has 0 saturated carbocycles. The molecule has 0 aromatic heterocycles. The fraction of sp³-hybridized carbons (Fsp3) is 0.417. The van der Waals surface area contributed by atoms with E-state index in [1.165, 1.54) is 12.1 Å². The quantitative estimate of drug-likeness (QED) is 0.394. The van der Waals surface area contributed by atoms with Crippen molar-refractivity contribution in [1.29, 1.82) is 0 Å². The number of carbonyl (C=O) groups excluding carboxylic acids is 1. The van der Waals surface area contributed by atoms with Crippen molar-refractivity contribution in [2.45, 2.75) is 37.6 Å². The van der Waals surface area contributed by atoms with Crippen molar-refractivity contribution < 1.29 is 27.8 Å². The summed E-state index contributed by atoms with van der Waals surface area (Å²) >= 11 is 0. The highest BCUT2D eigenvalue weighted by Gasteiger charge is 2.18. The Labute approximate surface area is 123 Å². The minimum Gasteiger partial charge on any atom is -0.423 e. The average Bonchev–Trinajstić information content (AvgIpc) is 2.41. The maximum Gasteiger partial charge on any atom is 0.488 e. The Morgan fingerprint density at radius 1 is 1.29 bits per heavy atom. The number of hydrogen-bond acceptors (Lipinski definition) is 5. The van der Waals surface area contributed by atoms with Crippen molar-refractivity contribution in [3.8, 4) is 0 Å². The van der Waals surface area contributed by atoms with Gasteiger partial charge in [-0.05, 0) is 29.6 Å². The van der Waals surface area contributed by atoms with Gasteiger partial charge in [0.2, 0.25) is 5.91 Å². The molecule has 116 valence electrons. The molecule has 4 N–H and O–H groups in total. The van der Waals surface area contributed by atoms with Crippen LogP contribution in [0.4, 0.5) is 0 Å². The maximum atomic E-state index is 11.5. The van der Waals surface area contributed by atoms with Gasteiger partial charge in [0.15, 0.2) is 0 Å². The summed E-state index contributed by atoms with van der Waals surface area (Å²) in [7, 11) is -6.34. The van der Waals surface area contributed by atoms with Gasteiger partial charge in [0.05, 0.1) is 4.90 Å². The molecule has 1 amide bonds. The van der Waals surface area contributed by atoms with E-state index in [-0.39, 0.29) is 17.9 Å². The van der Waals surface area contributed by atoms with Crippen LogP contribution in [0.15, 0.2) is 23.1 Å². The third-order valence-electron chi connectivity index (χ3n) is 2.83. The molecule has 1 aromatic carbocycles. The molecule has 21 heavy (non-hydrogen) atoms. The van der Waals surface area contributed by atoms with Gasteiger partial charge in [-0.3, -0.25) is 9.35 Å². The molecule has 7 nitrogen and oxygen atoms in total. The molecule has 0 aliphatic rings. The Morgan fingerprint density at radius 3 is 2.48 bits per heavy atom. The van der Waals surface area contributed by atoms with E-state index in [0.29, 0.717) is 12.0 Å². The second-order valence-electron chi connectivity index (χ2n) is 4.64. The van der Waals surface area contributed by atoms with E-state index in [1.807, 2.05) is 6.92 Å².